The molecule has 3 rings (SSSR count). The van der Waals surface area contributed by atoms with Gasteiger partial charge in [0.25, 0.3) is 0 Å². The Morgan fingerprint density at radius 1 is 1.17 bits per heavy atom. The van der Waals surface area contributed by atoms with Crippen LogP contribution in [0.1, 0.15) is 0 Å². The molecule has 3 aromatic rings. The molecule has 0 fully saturated rings. The van der Waals surface area contributed by atoms with Crippen molar-refractivity contribution in [2.45, 2.75) is 0 Å². The molecule has 0 aliphatic rings. The molecule has 2 aromatic carbocycles. The van der Waals surface area contributed by atoms with Crippen molar-refractivity contribution in [2.75, 3.05) is 0 Å². The first-order chi connectivity index (χ1) is 8.75. The van der Waals surface area contributed by atoms with Crippen molar-refractivity contribution < 1.29 is 4.74 Å². The van der Waals surface area contributed by atoms with Crippen LogP contribution in [0.2, 0.25) is 0 Å². The standard InChI is InChI=1S/C12H9BrN4O/c1-17-12(14-15-16-17)18-10-7-6-8-4-2-3-5-9(8)11(10)13/h2-7H,1H3. The third-order valence-corrected chi connectivity index (χ3v) is 3.43. The Balaban J connectivity index is 2.08. The van der Waals surface area contributed by atoms with Crippen molar-refractivity contribution in [1.82, 2.24) is 20.2 Å². The molecule has 5 nitrogen and oxygen atoms in total. The Morgan fingerprint density at radius 2 is 2.00 bits per heavy atom. The molecule has 1 heterocycles. The molecule has 0 atom stereocenters. The van der Waals surface area contributed by atoms with E-state index in [0.717, 1.165) is 15.2 Å². The van der Waals surface area contributed by atoms with Crippen LogP contribution in [-0.2, 0) is 7.05 Å². The van der Waals surface area contributed by atoms with Gasteiger partial charge in [0.2, 0.25) is 0 Å². The summed E-state index contributed by atoms with van der Waals surface area (Å²) in [4.78, 5) is 0. The number of aryl methyl sites for hydroxylation is 1. The van der Waals surface area contributed by atoms with Crippen LogP contribution in [-0.4, -0.2) is 20.2 Å². The highest BCUT2D eigenvalue weighted by Gasteiger charge is 2.10. The van der Waals surface area contributed by atoms with Crippen molar-refractivity contribution in [3.63, 3.8) is 0 Å². The van der Waals surface area contributed by atoms with Crippen molar-refractivity contribution in [3.05, 3.63) is 40.9 Å². The molecule has 6 heteroatoms. The predicted molar refractivity (Wildman–Crippen MR) is 70.5 cm³/mol. The molecule has 0 radical (unpaired) electrons. The van der Waals surface area contributed by atoms with E-state index in [4.69, 9.17) is 4.74 Å². The summed E-state index contributed by atoms with van der Waals surface area (Å²) in [5.74, 6) is 0.687. The van der Waals surface area contributed by atoms with Crippen molar-refractivity contribution in [1.29, 1.82) is 0 Å². The van der Waals surface area contributed by atoms with Crippen LogP contribution in [0, 0.1) is 0 Å². The number of aromatic nitrogens is 4. The zero-order chi connectivity index (χ0) is 12.5. The van der Waals surface area contributed by atoms with Crippen LogP contribution in [0.25, 0.3) is 10.8 Å². The Labute approximate surface area is 111 Å². The number of fused-ring (bicyclic) bond motifs is 1. The van der Waals surface area contributed by atoms with Gasteiger partial charge < -0.3 is 4.74 Å². The lowest BCUT2D eigenvalue weighted by molar-refractivity contribution is 0.413. The molecule has 1 aromatic heterocycles. The number of hydrogen-bond acceptors (Lipinski definition) is 4. The second-order valence-electron chi connectivity index (χ2n) is 3.79. The van der Waals surface area contributed by atoms with Gasteiger partial charge in [0.1, 0.15) is 5.75 Å². The molecule has 0 spiro atoms. The summed E-state index contributed by atoms with van der Waals surface area (Å²) >= 11 is 3.55. The van der Waals surface area contributed by atoms with Crippen molar-refractivity contribution >= 4 is 26.7 Å². The van der Waals surface area contributed by atoms with Gasteiger partial charge in [-0.15, -0.1) is 0 Å². The summed E-state index contributed by atoms with van der Waals surface area (Å²) in [5, 5.41) is 13.3. The van der Waals surface area contributed by atoms with Gasteiger partial charge >= 0.3 is 6.01 Å². The van der Waals surface area contributed by atoms with E-state index in [9.17, 15) is 0 Å². The van der Waals surface area contributed by atoms with E-state index >= 15 is 0 Å². The lowest BCUT2D eigenvalue weighted by Gasteiger charge is -2.08. The van der Waals surface area contributed by atoms with Gasteiger partial charge in [0.15, 0.2) is 0 Å². The number of hydrogen-bond donors (Lipinski definition) is 0. The van der Waals surface area contributed by atoms with Gasteiger partial charge in [-0.3, -0.25) is 0 Å². The van der Waals surface area contributed by atoms with Crippen LogP contribution in [0.3, 0.4) is 0 Å². The number of nitrogens with zero attached hydrogens (tertiary/aromatic N) is 4. The molecule has 0 amide bonds. The zero-order valence-electron chi connectivity index (χ0n) is 9.54. The molecular formula is C12H9BrN4O. The third kappa shape index (κ3) is 1.84. The number of halogens is 1. The number of ether oxygens (including phenoxy) is 1. The maximum absolute atomic E-state index is 5.67. The van der Waals surface area contributed by atoms with Crippen LogP contribution >= 0.6 is 15.9 Å². The Bertz CT molecular complexity index is 710. The summed E-state index contributed by atoms with van der Waals surface area (Å²) in [6, 6.07) is 12.3. The Morgan fingerprint density at radius 3 is 2.78 bits per heavy atom. The minimum atomic E-state index is 0.353. The van der Waals surface area contributed by atoms with Gasteiger partial charge in [-0.1, -0.05) is 35.4 Å². The summed E-state index contributed by atoms with van der Waals surface area (Å²) in [7, 11) is 1.73. The number of rotatable bonds is 2. The SMILES string of the molecule is Cn1nnnc1Oc1ccc2ccccc2c1Br. The summed E-state index contributed by atoms with van der Waals surface area (Å²) in [5.41, 5.74) is 0. The molecule has 0 aliphatic carbocycles. The minimum Gasteiger partial charge on any atom is -0.422 e. The largest absolute Gasteiger partial charge is 0.422 e. The summed E-state index contributed by atoms with van der Waals surface area (Å²) in [6.07, 6.45) is 0. The molecule has 18 heavy (non-hydrogen) atoms. The third-order valence-electron chi connectivity index (χ3n) is 2.61. The highest BCUT2D eigenvalue weighted by Crippen LogP contribution is 2.34. The van der Waals surface area contributed by atoms with Crippen LogP contribution in [0.5, 0.6) is 11.8 Å². The Kier molecular flexibility index (Phi) is 2.71. The molecule has 0 bridgehead atoms. The maximum atomic E-state index is 5.67. The van der Waals surface area contributed by atoms with Crippen molar-refractivity contribution in [2.24, 2.45) is 7.05 Å². The molecule has 0 saturated carbocycles. The van der Waals surface area contributed by atoms with Crippen LogP contribution in [0.4, 0.5) is 0 Å². The lowest BCUT2D eigenvalue weighted by atomic mass is 10.1. The van der Waals surface area contributed by atoms with E-state index in [2.05, 4.69) is 31.5 Å². The van der Waals surface area contributed by atoms with Gasteiger partial charge in [0.05, 0.1) is 4.47 Å². The normalized spacial score (nSPS) is 10.8. The van der Waals surface area contributed by atoms with E-state index in [-0.39, 0.29) is 0 Å². The molecule has 90 valence electrons. The predicted octanol–water partition coefficient (Wildman–Crippen LogP) is 2.92. The highest BCUT2D eigenvalue weighted by molar-refractivity contribution is 9.10. The smallest absolute Gasteiger partial charge is 0.340 e. The highest BCUT2D eigenvalue weighted by atomic mass is 79.9. The van der Waals surface area contributed by atoms with Crippen LogP contribution < -0.4 is 4.74 Å². The van der Waals surface area contributed by atoms with E-state index in [1.165, 1.54) is 4.68 Å². The average Bonchev–Trinajstić information content (AvgIpc) is 2.79. The molecule has 0 N–H and O–H groups in total. The summed E-state index contributed by atoms with van der Waals surface area (Å²) in [6.45, 7) is 0. The fourth-order valence-electron chi connectivity index (χ4n) is 1.70. The van der Waals surface area contributed by atoms with E-state index in [0.29, 0.717) is 11.8 Å². The monoisotopic (exact) mass is 304 g/mol. The molecule has 0 saturated heterocycles. The average molecular weight is 305 g/mol. The Hall–Kier alpha value is -1.95. The molecular weight excluding hydrogens is 296 g/mol. The summed E-state index contributed by atoms with van der Waals surface area (Å²) < 4.78 is 8.03. The first-order valence-corrected chi connectivity index (χ1v) is 6.12. The minimum absolute atomic E-state index is 0.353. The first-order valence-electron chi connectivity index (χ1n) is 5.33. The van der Waals surface area contributed by atoms with E-state index in [1.54, 1.807) is 7.05 Å². The molecule has 0 unspecified atom stereocenters. The topological polar surface area (TPSA) is 52.8 Å². The van der Waals surface area contributed by atoms with Gasteiger partial charge in [-0.25, -0.2) is 0 Å². The number of benzene rings is 2. The fraction of sp³-hybridized carbons (Fsp3) is 0.0833. The van der Waals surface area contributed by atoms with Gasteiger partial charge in [-0.05, 0) is 43.2 Å². The van der Waals surface area contributed by atoms with E-state index < -0.39 is 0 Å². The second-order valence-corrected chi connectivity index (χ2v) is 4.58. The van der Waals surface area contributed by atoms with Gasteiger partial charge in [0, 0.05) is 7.05 Å². The van der Waals surface area contributed by atoms with Gasteiger partial charge in [-0.2, -0.15) is 4.68 Å². The fourth-order valence-corrected chi connectivity index (χ4v) is 2.27. The first kappa shape index (κ1) is 11.2. The zero-order valence-corrected chi connectivity index (χ0v) is 11.1. The van der Waals surface area contributed by atoms with Crippen molar-refractivity contribution in [3.8, 4) is 11.8 Å². The molecule has 0 aliphatic heterocycles. The lowest BCUT2D eigenvalue weighted by Crippen LogP contribution is -1.96. The van der Waals surface area contributed by atoms with E-state index in [1.807, 2.05) is 36.4 Å². The van der Waals surface area contributed by atoms with Crippen LogP contribution in [0.15, 0.2) is 40.9 Å². The maximum Gasteiger partial charge on any atom is 0.340 e. The quantitative estimate of drug-likeness (QED) is 0.730. The second kappa shape index (κ2) is 4.38. The number of tetrazole rings is 1.